The number of ketones is 1. The fourth-order valence-electron chi connectivity index (χ4n) is 1.63. The van der Waals surface area contributed by atoms with Gasteiger partial charge in [0.05, 0.1) is 0 Å². The summed E-state index contributed by atoms with van der Waals surface area (Å²) in [5.74, 6) is 1.16. The number of carbonyl (C=O) groups excluding carboxylic acids is 1. The minimum absolute atomic E-state index is 0.338. The zero-order valence-corrected chi connectivity index (χ0v) is 9.43. The number of benzene rings is 1. The Morgan fingerprint density at radius 2 is 2.00 bits per heavy atom. The quantitative estimate of drug-likeness (QED) is 0.723. The summed E-state index contributed by atoms with van der Waals surface area (Å²) >= 11 is 1.74. The smallest absolute Gasteiger partial charge is 0.159 e. The predicted molar refractivity (Wildman–Crippen MR) is 64.1 cm³/mol. The molecule has 1 aliphatic carbocycles. The first-order valence-corrected chi connectivity index (χ1v) is 6.25. The van der Waals surface area contributed by atoms with Gasteiger partial charge in [0.25, 0.3) is 0 Å². The molecule has 0 radical (unpaired) electrons. The summed E-state index contributed by atoms with van der Waals surface area (Å²) in [7, 11) is 0. The van der Waals surface area contributed by atoms with Crippen LogP contribution in [0.25, 0.3) is 0 Å². The van der Waals surface area contributed by atoms with Crippen LogP contribution in [0.15, 0.2) is 46.9 Å². The van der Waals surface area contributed by atoms with Gasteiger partial charge in [0.1, 0.15) is 0 Å². The second kappa shape index (κ2) is 5.17. The van der Waals surface area contributed by atoms with E-state index in [0.717, 1.165) is 30.6 Å². The molecule has 15 heavy (non-hydrogen) atoms. The van der Waals surface area contributed by atoms with Crippen LogP contribution in [0.1, 0.15) is 19.3 Å². The van der Waals surface area contributed by atoms with Gasteiger partial charge in [0.15, 0.2) is 5.78 Å². The minimum atomic E-state index is 0.338. The lowest BCUT2D eigenvalue weighted by Crippen LogP contribution is -2.08. The highest BCUT2D eigenvalue weighted by Gasteiger charge is 2.13. The fourth-order valence-corrected chi connectivity index (χ4v) is 2.58. The van der Waals surface area contributed by atoms with Crippen molar-refractivity contribution in [3.8, 4) is 0 Å². The van der Waals surface area contributed by atoms with Crippen LogP contribution in [0.3, 0.4) is 0 Å². The largest absolute Gasteiger partial charge is 0.295 e. The van der Waals surface area contributed by atoms with E-state index in [-0.39, 0.29) is 0 Å². The Hall–Kier alpha value is -1.02. The number of thioether (sulfide) groups is 1. The average Bonchev–Trinajstić information content (AvgIpc) is 2.29. The highest BCUT2D eigenvalue weighted by Crippen LogP contribution is 2.23. The van der Waals surface area contributed by atoms with Gasteiger partial charge >= 0.3 is 0 Å². The molecule has 0 aliphatic heterocycles. The molecule has 0 spiro atoms. The fraction of sp³-hybridized carbons (Fsp3) is 0.308. The monoisotopic (exact) mass is 218 g/mol. The van der Waals surface area contributed by atoms with E-state index in [0.29, 0.717) is 5.78 Å². The van der Waals surface area contributed by atoms with Gasteiger partial charge in [-0.15, -0.1) is 11.8 Å². The SMILES string of the molecule is O=C1CCCC=C1CSc1ccccc1. The zero-order chi connectivity index (χ0) is 10.5. The van der Waals surface area contributed by atoms with Crippen LogP contribution in [0.5, 0.6) is 0 Å². The Labute approximate surface area is 94.6 Å². The maximum atomic E-state index is 11.5. The third kappa shape index (κ3) is 2.96. The van der Waals surface area contributed by atoms with Gasteiger partial charge in [0.2, 0.25) is 0 Å². The van der Waals surface area contributed by atoms with E-state index in [1.807, 2.05) is 18.2 Å². The van der Waals surface area contributed by atoms with E-state index >= 15 is 0 Å². The van der Waals surface area contributed by atoms with E-state index in [9.17, 15) is 4.79 Å². The van der Waals surface area contributed by atoms with Crippen molar-refractivity contribution in [1.29, 1.82) is 0 Å². The first-order valence-electron chi connectivity index (χ1n) is 5.26. The van der Waals surface area contributed by atoms with Gasteiger partial charge in [-0.3, -0.25) is 4.79 Å². The molecule has 0 heterocycles. The predicted octanol–water partition coefficient (Wildman–Crippen LogP) is 3.46. The normalized spacial score (nSPS) is 16.3. The lowest BCUT2D eigenvalue weighted by atomic mass is 10.00. The highest BCUT2D eigenvalue weighted by atomic mass is 32.2. The first kappa shape index (κ1) is 10.5. The number of carbonyl (C=O) groups is 1. The molecule has 0 unspecified atom stereocenters. The number of hydrogen-bond acceptors (Lipinski definition) is 2. The summed E-state index contributed by atoms with van der Waals surface area (Å²) < 4.78 is 0. The van der Waals surface area contributed by atoms with Gasteiger partial charge in [-0.1, -0.05) is 24.3 Å². The molecular weight excluding hydrogens is 204 g/mol. The maximum Gasteiger partial charge on any atom is 0.159 e. The molecule has 1 aromatic carbocycles. The Bertz CT molecular complexity index is 367. The summed E-state index contributed by atoms with van der Waals surface area (Å²) in [6.45, 7) is 0. The van der Waals surface area contributed by atoms with Crippen LogP contribution in [-0.2, 0) is 4.79 Å². The third-order valence-corrected chi connectivity index (χ3v) is 3.56. The van der Waals surface area contributed by atoms with Crippen LogP contribution >= 0.6 is 11.8 Å². The van der Waals surface area contributed by atoms with E-state index in [1.54, 1.807) is 11.8 Å². The van der Waals surface area contributed by atoms with Crippen molar-refractivity contribution in [2.24, 2.45) is 0 Å². The van der Waals surface area contributed by atoms with Crippen molar-refractivity contribution in [3.05, 3.63) is 42.0 Å². The molecule has 0 amide bonds. The summed E-state index contributed by atoms with van der Waals surface area (Å²) in [6.07, 6.45) is 4.93. The average molecular weight is 218 g/mol. The van der Waals surface area contributed by atoms with Crippen molar-refractivity contribution in [2.45, 2.75) is 24.2 Å². The summed E-state index contributed by atoms with van der Waals surface area (Å²) in [5.41, 5.74) is 1.01. The van der Waals surface area contributed by atoms with Gasteiger partial charge < -0.3 is 0 Å². The Balaban J connectivity index is 1.93. The van der Waals surface area contributed by atoms with Crippen LogP contribution in [0.4, 0.5) is 0 Å². The molecule has 0 saturated heterocycles. The van der Waals surface area contributed by atoms with E-state index in [2.05, 4.69) is 18.2 Å². The van der Waals surface area contributed by atoms with Crippen LogP contribution < -0.4 is 0 Å². The second-order valence-electron chi connectivity index (χ2n) is 3.65. The van der Waals surface area contributed by atoms with Crippen molar-refractivity contribution in [3.63, 3.8) is 0 Å². The first-order chi connectivity index (χ1) is 7.36. The Morgan fingerprint density at radius 1 is 1.20 bits per heavy atom. The molecule has 0 fully saturated rings. The number of hydrogen-bond donors (Lipinski definition) is 0. The van der Waals surface area contributed by atoms with Gasteiger partial charge in [0, 0.05) is 22.6 Å². The van der Waals surface area contributed by atoms with Crippen LogP contribution in [-0.4, -0.2) is 11.5 Å². The standard InChI is InChI=1S/C13H14OS/c14-13-9-5-4-6-11(13)10-15-12-7-2-1-3-8-12/h1-3,6-8H,4-5,9-10H2. The Kier molecular flexibility index (Phi) is 3.62. The minimum Gasteiger partial charge on any atom is -0.295 e. The lowest BCUT2D eigenvalue weighted by Gasteiger charge is -2.10. The molecule has 2 heteroatoms. The van der Waals surface area contributed by atoms with Crippen LogP contribution in [0.2, 0.25) is 0 Å². The van der Waals surface area contributed by atoms with E-state index < -0.39 is 0 Å². The molecule has 1 aromatic rings. The molecule has 0 saturated carbocycles. The molecular formula is C13H14OS. The van der Waals surface area contributed by atoms with Gasteiger partial charge in [-0.25, -0.2) is 0 Å². The van der Waals surface area contributed by atoms with Gasteiger partial charge in [-0.2, -0.15) is 0 Å². The molecule has 2 rings (SSSR count). The molecule has 78 valence electrons. The van der Waals surface area contributed by atoms with Gasteiger partial charge in [-0.05, 0) is 25.0 Å². The van der Waals surface area contributed by atoms with E-state index in [1.165, 1.54) is 4.90 Å². The second-order valence-corrected chi connectivity index (χ2v) is 4.70. The van der Waals surface area contributed by atoms with Crippen LogP contribution in [0, 0.1) is 0 Å². The third-order valence-electron chi connectivity index (χ3n) is 2.49. The lowest BCUT2D eigenvalue weighted by molar-refractivity contribution is -0.115. The van der Waals surface area contributed by atoms with Crippen molar-refractivity contribution >= 4 is 17.5 Å². The molecule has 0 atom stereocenters. The van der Waals surface area contributed by atoms with E-state index in [4.69, 9.17) is 0 Å². The summed E-state index contributed by atoms with van der Waals surface area (Å²) in [6, 6.07) is 10.2. The van der Waals surface area contributed by atoms with Crippen molar-refractivity contribution < 1.29 is 4.79 Å². The Morgan fingerprint density at radius 3 is 2.73 bits per heavy atom. The summed E-state index contributed by atoms with van der Waals surface area (Å²) in [4.78, 5) is 12.8. The topological polar surface area (TPSA) is 17.1 Å². The van der Waals surface area contributed by atoms with Crippen molar-refractivity contribution in [2.75, 3.05) is 5.75 Å². The molecule has 0 aromatic heterocycles. The number of rotatable bonds is 3. The summed E-state index contributed by atoms with van der Waals surface area (Å²) in [5, 5.41) is 0. The maximum absolute atomic E-state index is 11.5. The molecule has 0 N–H and O–H groups in total. The zero-order valence-electron chi connectivity index (χ0n) is 8.61. The highest BCUT2D eigenvalue weighted by molar-refractivity contribution is 7.99. The molecule has 1 nitrogen and oxygen atoms in total. The molecule has 1 aliphatic rings. The van der Waals surface area contributed by atoms with Crippen molar-refractivity contribution in [1.82, 2.24) is 0 Å². The number of allylic oxidation sites excluding steroid dienone is 1. The number of Topliss-reactive ketones (excluding diaryl/α,β-unsaturated/α-hetero) is 1. The molecule has 0 bridgehead atoms.